The van der Waals surface area contributed by atoms with Crippen molar-refractivity contribution in [2.24, 2.45) is 5.92 Å². The van der Waals surface area contributed by atoms with Crippen molar-refractivity contribution in [3.8, 4) is 0 Å². The molecule has 0 saturated heterocycles. The highest BCUT2D eigenvalue weighted by atomic mass is 16.4. The van der Waals surface area contributed by atoms with Crippen molar-refractivity contribution < 1.29 is 24.6 Å². The zero-order valence-corrected chi connectivity index (χ0v) is 12.1. The molecule has 0 radical (unpaired) electrons. The van der Waals surface area contributed by atoms with Crippen molar-refractivity contribution in [3.05, 3.63) is 0 Å². The molecule has 3 N–H and O–H groups in total. The van der Waals surface area contributed by atoms with Gasteiger partial charge in [0.25, 0.3) is 0 Å². The van der Waals surface area contributed by atoms with E-state index in [9.17, 15) is 14.4 Å². The molecule has 0 bridgehead atoms. The Morgan fingerprint density at radius 2 is 1.90 bits per heavy atom. The van der Waals surface area contributed by atoms with Gasteiger partial charge in [-0.3, -0.25) is 19.3 Å². The van der Waals surface area contributed by atoms with E-state index in [-0.39, 0.29) is 32.0 Å². The third-order valence-electron chi connectivity index (χ3n) is 2.82. The summed E-state index contributed by atoms with van der Waals surface area (Å²) in [5.41, 5.74) is 0. The van der Waals surface area contributed by atoms with Gasteiger partial charge in [0.2, 0.25) is 5.91 Å². The molecule has 0 aromatic carbocycles. The van der Waals surface area contributed by atoms with Gasteiger partial charge in [-0.05, 0) is 6.42 Å². The Bertz CT molecular complexity index is 333. The molecule has 1 atom stereocenters. The molecule has 20 heavy (non-hydrogen) atoms. The molecular formula is C13H24N2O5. The Labute approximate surface area is 119 Å². The van der Waals surface area contributed by atoms with Gasteiger partial charge in [0, 0.05) is 19.6 Å². The molecule has 0 aliphatic carbocycles. The van der Waals surface area contributed by atoms with Gasteiger partial charge < -0.3 is 15.5 Å². The Morgan fingerprint density at radius 3 is 2.40 bits per heavy atom. The number of nitrogens with zero attached hydrogens (tertiary/aromatic N) is 1. The molecule has 7 nitrogen and oxygen atoms in total. The number of unbranched alkanes of at least 4 members (excludes halogenated alkanes) is 1. The molecule has 0 fully saturated rings. The molecule has 0 aromatic rings. The molecule has 116 valence electrons. The number of nitrogens with one attached hydrogen (secondary N) is 1. The highest BCUT2D eigenvalue weighted by molar-refractivity contribution is 5.78. The first kappa shape index (κ1) is 18.4. The average Bonchev–Trinajstić information content (AvgIpc) is 2.35. The maximum atomic E-state index is 11.7. The highest BCUT2D eigenvalue weighted by Crippen LogP contribution is 2.02. The minimum absolute atomic E-state index is 0.0224. The lowest BCUT2D eigenvalue weighted by molar-refractivity contribution is -0.142. The second-order valence-corrected chi connectivity index (χ2v) is 4.82. The molecule has 7 heteroatoms. The minimum Gasteiger partial charge on any atom is -0.481 e. The van der Waals surface area contributed by atoms with Crippen LogP contribution in [0.3, 0.4) is 0 Å². The molecule has 0 spiro atoms. The van der Waals surface area contributed by atoms with Crippen LogP contribution in [0.5, 0.6) is 0 Å². The predicted octanol–water partition coefficient (Wildman–Crippen LogP) is 0.400. The molecule has 0 aliphatic heterocycles. The third-order valence-corrected chi connectivity index (χ3v) is 2.82. The van der Waals surface area contributed by atoms with Gasteiger partial charge in [-0.1, -0.05) is 20.3 Å². The summed E-state index contributed by atoms with van der Waals surface area (Å²) in [7, 11) is 0. The fraction of sp³-hybridized carbons (Fsp3) is 0.769. The summed E-state index contributed by atoms with van der Waals surface area (Å²) >= 11 is 0. The Morgan fingerprint density at radius 1 is 1.25 bits per heavy atom. The number of carbonyl (C=O) groups excluding carboxylic acids is 1. The summed E-state index contributed by atoms with van der Waals surface area (Å²) in [5, 5.41) is 20.3. The molecule has 0 aromatic heterocycles. The van der Waals surface area contributed by atoms with Gasteiger partial charge in [-0.15, -0.1) is 0 Å². The Hall–Kier alpha value is -1.63. The number of carbonyl (C=O) groups is 3. The molecule has 1 amide bonds. The van der Waals surface area contributed by atoms with Crippen molar-refractivity contribution in [2.75, 3.05) is 26.2 Å². The first-order chi connectivity index (χ1) is 9.36. The zero-order chi connectivity index (χ0) is 15.5. The lowest BCUT2D eigenvalue weighted by Gasteiger charge is -2.22. The summed E-state index contributed by atoms with van der Waals surface area (Å²) in [4.78, 5) is 34.6. The summed E-state index contributed by atoms with van der Waals surface area (Å²) in [6, 6.07) is 0. The third kappa shape index (κ3) is 9.32. The average molecular weight is 288 g/mol. The second kappa shape index (κ2) is 10.2. The van der Waals surface area contributed by atoms with Crippen LogP contribution in [0.25, 0.3) is 0 Å². The van der Waals surface area contributed by atoms with Gasteiger partial charge in [0.1, 0.15) is 0 Å². The maximum absolute atomic E-state index is 11.7. The number of aliphatic carboxylic acids is 2. The van der Waals surface area contributed by atoms with Crippen LogP contribution >= 0.6 is 0 Å². The molecule has 0 rings (SSSR count). The van der Waals surface area contributed by atoms with Crippen LogP contribution in [0.2, 0.25) is 0 Å². The van der Waals surface area contributed by atoms with E-state index in [4.69, 9.17) is 10.2 Å². The Balaban J connectivity index is 4.32. The zero-order valence-electron chi connectivity index (χ0n) is 12.1. The van der Waals surface area contributed by atoms with E-state index in [1.54, 1.807) is 4.90 Å². The van der Waals surface area contributed by atoms with Crippen LogP contribution in [-0.4, -0.2) is 59.1 Å². The molecule has 0 aliphatic rings. The summed E-state index contributed by atoms with van der Waals surface area (Å²) in [5.74, 6) is -2.78. The predicted molar refractivity (Wildman–Crippen MR) is 73.4 cm³/mol. The fourth-order valence-electron chi connectivity index (χ4n) is 1.62. The van der Waals surface area contributed by atoms with E-state index < -0.39 is 17.9 Å². The van der Waals surface area contributed by atoms with E-state index in [1.807, 2.05) is 6.92 Å². The normalized spacial score (nSPS) is 12.2. The Kier molecular flexibility index (Phi) is 9.36. The van der Waals surface area contributed by atoms with E-state index in [0.717, 1.165) is 12.8 Å². The van der Waals surface area contributed by atoms with Crippen LogP contribution in [0.1, 0.15) is 33.1 Å². The number of carboxylic acid groups (broad SMARTS) is 2. The largest absolute Gasteiger partial charge is 0.481 e. The van der Waals surface area contributed by atoms with Crippen LogP contribution in [0.4, 0.5) is 0 Å². The lowest BCUT2D eigenvalue weighted by Crippen LogP contribution is -2.41. The second-order valence-electron chi connectivity index (χ2n) is 4.82. The quantitative estimate of drug-likeness (QED) is 0.475. The summed E-state index contributed by atoms with van der Waals surface area (Å²) < 4.78 is 0. The smallest absolute Gasteiger partial charge is 0.307 e. The lowest BCUT2D eigenvalue weighted by atomic mass is 10.1. The minimum atomic E-state index is -0.968. The first-order valence-corrected chi connectivity index (χ1v) is 6.80. The van der Waals surface area contributed by atoms with Crippen LogP contribution in [-0.2, 0) is 14.4 Å². The van der Waals surface area contributed by atoms with Gasteiger partial charge in [-0.2, -0.15) is 0 Å². The first-order valence-electron chi connectivity index (χ1n) is 6.80. The molecule has 0 saturated carbocycles. The molecule has 1 unspecified atom stereocenters. The van der Waals surface area contributed by atoms with Gasteiger partial charge >= 0.3 is 11.9 Å². The number of hydrogen-bond acceptors (Lipinski definition) is 4. The van der Waals surface area contributed by atoms with Crippen LogP contribution in [0.15, 0.2) is 0 Å². The van der Waals surface area contributed by atoms with E-state index in [1.165, 1.54) is 6.92 Å². The monoisotopic (exact) mass is 288 g/mol. The van der Waals surface area contributed by atoms with Gasteiger partial charge in [0.05, 0.1) is 18.9 Å². The standard InChI is InChI=1S/C13H24N2O5/c1-3-4-6-14-11(16)9-15(7-5-12(17)18)8-10(2)13(19)20/h10H,3-9H2,1-2H3,(H,14,16)(H,17,18)(H,19,20). The molecular weight excluding hydrogens is 264 g/mol. The van der Waals surface area contributed by atoms with E-state index in [0.29, 0.717) is 6.54 Å². The van der Waals surface area contributed by atoms with E-state index >= 15 is 0 Å². The topological polar surface area (TPSA) is 107 Å². The molecule has 0 heterocycles. The fourth-order valence-corrected chi connectivity index (χ4v) is 1.62. The van der Waals surface area contributed by atoms with Crippen molar-refractivity contribution in [2.45, 2.75) is 33.1 Å². The van der Waals surface area contributed by atoms with Gasteiger partial charge in [0.15, 0.2) is 0 Å². The van der Waals surface area contributed by atoms with Crippen molar-refractivity contribution in [1.29, 1.82) is 0 Å². The highest BCUT2D eigenvalue weighted by Gasteiger charge is 2.18. The summed E-state index contributed by atoms with van der Waals surface area (Å²) in [6.45, 7) is 4.47. The van der Waals surface area contributed by atoms with Gasteiger partial charge in [-0.25, -0.2) is 0 Å². The van der Waals surface area contributed by atoms with Crippen molar-refractivity contribution in [3.63, 3.8) is 0 Å². The van der Waals surface area contributed by atoms with E-state index in [2.05, 4.69) is 5.32 Å². The number of amides is 1. The maximum Gasteiger partial charge on any atom is 0.307 e. The number of hydrogen-bond donors (Lipinski definition) is 3. The SMILES string of the molecule is CCCCNC(=O)CN(CCC(=O)O)CC(C)C(=O)O. The summed E-state index contributed by atoms with van der Waals surface area (Å²) in [6.07, 6.45) is 1.74. The van der Waals surface area contributed by atoms with Crippen LogP contribution < -0.4 is 5.32 Å². The number of carboxylic acids is 2. The van der Waals surface area contributed by atoms with Crippen LogP contribution in [0, 0.1) is 5.92 Å². The number of rotatable bonds is 11. The van der Waals surface area contributed by atoms with Crippen molar-refractivity contribution >= 4 is 17.8 Å². The van der Waals surface area contributed by atoms with Crippen molar-refractivity contribution in [1.82, 2.24) is 10.2 Å².